The Morgan fingerprint density at radius 1 is 1.06 bits per heavy atom. The molecule has 0 aliphatic heterocycles. The van der Waals surface area contributed by atoms with Crippen LogP contribution < -0.4 is 5.73 Å². The van der Waals surface area contributed by atoms with Crippen LogP contribution in [0.1, 0.15) is 15.9 Å². The van der Waals surface area contributed by atoms with Crippen molar-refractivity contribution < 1.29 is 4.79 Å². The van der Waals surface area contributed by atoms with Gasteiger partial charge >= 0.3 is 0 Å². The van der Waals surface area contributed by atoms with E-state index in [1.54, 1.807) is 18.2 Å². The van der Waals surface area contributed by atoms with Crippen LogP contribution in [0.2, 0.25) is 10.0 Å². The molecule has 2 rings (SSSR count). The standard InChI is InChI=1S/C14H11Cl2NO/c1-8-9(4-2-5-10(8)14(17)18)11-6-3-7-12(15)13(11)16/h2-7H,1H3,(H2,17,18). The second-order valence-electron chi connectivity index (χ2n) is 3.94. The first-order chi connectivity index (χ1) is 8.52. The van der Waals surface area contributed by atoms with E-state index in [1.807, 2.05) is 25.1 Å². The van der Waals surface area contributed by atoms with Crippen molar-refractivity contribution >= 4 is 29.1 Å². The Balaban J connectivity index is 2.69. The van der Waals surface area contributed by atoms with Crippen molar-refractivity contribution in [1.82, 2.24) is 0 Å². The highest BCUT2D eigenvalue weighted by molar-refractivity contribution is 6.43. The molecular weight excluding hydrogens is 269 g/mol. The first kappa shape index (κ1) is 12.9. The minimum atomic E-state index is -0.451. The minimum Gasteiger partial charge on any atom is -0.366 e. The summed E-state index contributed by atoms with van der Waals surface area (Å²) >= 11 is 12.2. The van der Waals surface area contributed by atoms with Crippen molar-refractivity contribution in [3.8, 4) is 11.1 Å². The summed E-state index contributed by atoms with van der Waals surface area (Å²) in [5, 5.41) is 0.960. The summed E-state index contributed by atoms with van der Waals surface area (Å²) < 4.78 is 0. The number of benzene rings is 2. The summed E-state index contributed by atoms with van der Waals surface area (Å²) in [4.78, 5) is 11.3. The summed E-state index contributed by atoms with van der Waals surface area (Å²) in [6.45, 7) is 1.84. The maximum absolute atomic E-state index is 11.3. The number of nitrogens with two attached hydrogens (primary N) is 1. The fourth-order valence-electron chi connectivity index (χ4n) is 1.91. The number of carbonyl (C=O) groups excluding carboxylic acids is 1. The van der Waals surface area contributed by atoms with Crippen LogP contribution in [0.4, 0.5) is 0 Å². The normalized spacial score (nSPS) is 10.4. The first-order valence-electron chi connectivity index (χ1n) is 5.36. The molecule has 0 bridgehead atoms. The predicted octanol–water partition coefficient (Wildman–Crippen LogP) is 4.07. The van der Waals surface area contributed by atoms with Crippen molar-refractivity contribution in [3.63, 3.8) is 0 Å². The Morgan fingerprint density at radius 3 is 2.33 bits per heavy atom. The third-order valence-corrected chi connectivity index (χ3v) is 3.66. The Morgan fingerprint density at radius 2 is 1.67 bits per heavy atom. The maximum Gasteiger partial charge on any atom is 0.248 e. The Labute approximate surface area is 115 Å². The van der Waals surface area contributed by atoms with E-state index in [4.69, 9.17) is 28.9 Å². The van der Waals surface area contributed by atoms with E-state index in [0.29, 0.717) is 15.6 Å². The van der Waals surface area contributed by atoms with Gasteiger partial charge in [0, 0.05) is 11.1 Å². The van der Waals surface area contributed by atoms with Crippen LogP contribution in [-0.2, 0) is 0 Å². The third-order valence-electron chi connectivity index (χ3n) is 2.84. The Hall–Kier alpha value is -1.51. The summed E-state index contributed by atoms with van der Waals surface area (Å²) in [5.74, 6) is -0.451. The molecule has 0 radical (unpaired) electrons. The lowest BCUT2D eigenvalue weighted by molar-refractivity contribution is 0.1000. The monoisotopic (exact) mass is 279 g/mol. The first-order valence-corrected chi connectivity index (χ1v) is 6.11. The predicted molar refractivity (Wildman–Crippen MR) is 75.2 cm³/mol. The van der Waals surface area contributed by atoms with Crippen molar-refractivity contribution in [2.45, 2.75) is 6.92 Å². The van der Waals surface area contributed by atoms with E-state index < -0.39 is 5.91 Å². The Bertz CT molecular complexity index is 623. The summed E-state index contributed by atoms with van der Waals surface area (Å²) in [5.41, 5.74) is 8.28. The van der Waals surface area contributed by atoms with Crippen LogP contribution >= 0.6 is 23.2 Å². The molecule has 2 N–H and O–H groups in total. The lowest BCUT2D eigenvalue weighted by atomic mass is 9.96. The molecule has 18 heavy (non-hydrogen) atoms. The van der Waals surface area contributed by atoms with Gasteiger partial charge in [-0.05, 0) is 30.2 Å². The van der Waals surface area contributed by atoms with Crippen molar-refractivity contribution in [2.24, 2.45) is 5.73 Å². The lowest BCUT2D eigenvalue weighted by Crippen LogP contribution is -2.12. The molecule has 0 unspecified atom stereocenters. The second-order valence-corrected chi connectivity index (χ2v) is 4.73. The molecule has 0 aromatic heterocycles. The summed E-state index contributed by atoms with van der Waals surface area (Å²) in [6.07, 6.45) is 0. The minimum absolute atomic E-state index is 0.451. The van der Waals surface area contributed by atoms with Crippen LogP contribution in [0.3, 0.4) is 0 Å². The number of hydrogen-bond acceptors (Lipinski definition) is 1. The zero-order chi connectivity index (χ0) is 13.3. The zero-order valence-electron chi connectivity index (χ0n) is 9.71. The molecule has 92 valence electrons. The molecule has 0 saturated heterocycles. The van der Waals surface area contributed by atoms with Crippen molar-refractivity contribution in [2.75, 3.05) is 0 Å². The molecule has 0 spiro atoms. The molecule has 0 fully saturated rings. The third kappa shape index (κ3) is 2.22. The number of rotatable bonds is 2. The zero-order valence-corrected chi connectivity index (χ0v) is 11.2. The van der Waals surface area contributed by atoms with Gasteiger partial charge in [-0.1, -0.05) is 47.5 Å². The van der Waals surface area contributed by atoms with E-state index in [2.05, 4.69) is 0 Å². The fraction of sp³-hybridized carbons (Fsp3) is 0.0714. The molecule has 0 aliphatic rings. The SMILES string of the molecule is Cc1c(C(N)=O)cccc1-c1cccc(Cl)c1Cl. The van der Waals surface area contributed by atoms with Crippen LogP contribution in [0, 0.1) is 6.92 Å². The number of hydrogen-bond donors (Lipinski definition) is 1. The highest BCUT2D eigenvalue weighted by atomic mass is 35.5. The second kappa shape index (κ2) is 5.01. The van der Waals surface area contributed by atoms with Gasteiger partial charge in [-0.15, -0.1) is 0 Å². The molecule has 0 atom stereocenters. The van der Waals surface area contributed by atoms with Crippen molar-refractivity contribution in [1.29, 1.82) is 0 Å². The van der Waals surface area contributed by atoms with Gasteiger partial charge in [-0.3, -0.25) is 4.79 Å². The highest BCUT2D eigenvalue weighted by Gasteiger charge is 2.13. The summed E-state index contributed by atoms with van der Waals surface area (Å²) in [6, 6.07) is 10.8. The highest BCUT2D eigenvalue weighted by Crippen LogP contribution is 2.35. The quantitative estimate of drug-likeness (QED) is 0.885. The maximum atomic E-state index is 11.3. The van der Waals surface area contributed by atoms with E-state index in [0.717, 1.165) is 16.7 Å². The summed E-state index contributed by atoms with van der Waals surface area (Å²) in [7, 11) is 0. The van der Waals surface area contributed by atoms with Gasteiger partial charge in [0.2, 0.25) is 5.91 Å². The van der Waals surface area contributed by atoms with Gasteiger partial charge in [0.15, 0.2) is 0 Å². The van der Waals surface area contributed by atoms with Crippen LogP contribution in [0.15, 0.2) is 36.4 Å². The van der Waals surface area contributed by atoms with Gasteiger partial charge in [-0.2, -0.15) is 0 Å². The lowest BCUT2D eigenvalue weighted by Gasteiger charge is -2.11. The van der Waals surface area contributed by atoms with Crippen molar-refractivity contribution in [3.05, 3.63) is 57.6 Å². The van der Waals surface area contributed by atoms with E-state index in [9.17, 15) is 4.79 Å². The topological polar surface area (TPSA) is 43.1 Å². The molecule has 2 aromatic carbocycles. The molecule has 2 aromatic rings. The van der Waals surface area contributed by atoms with E-state index in [1.165, 1.54) is 0 Å². The molecule has 0 saturated carbocycles. The molecule has 2 nitrogen and oxygen atoms in total. The number of primary amides is 1. The van der Waals surface area contributed by atoms with E-state index >= 15 is 0 Å². The molecule has 0 heterocycles. The van der Waals surface area contributed by atoms with E-state index in [-0.39, 0.29) is 0 Å². The van der Waals surface area contributed by atoms with Gasteiger partial charge in [0.05, 0.1) is 10.0 Å². The Kier molecular flexibility index (Phi) is 3.60. The molecule has 1 amide bonds. The van der Waals surface area contributed by atoms with Gasteiger partial charge in [0.25, 0.3) is 0 Å². The van der Waals surface area contributed by atoms with Gasteiger partial charge in [-0.25, -0.2) is 0 Å². The van der Waals surface area contributed by atoms with Crippen LogP contribution in [0.25, 0.3) is 11.1 Å². The average Bonchev–Trinajstić information content (AvgIpc) is 2.33. The molecule has 4 heteroatoms. The number of carbonyl (C=O) groups is 1. The molecule has 0 aliphatic carbocycles. The van der Waals surface area contributed by atoms with Crippen LogP contribution in [-0.4, -0.2) is 5.91 Å². The average molecular weight is 280 g/mol. The molecular formula is C14H11Cl2NO. The number of amides is 1. The van der Waals surface area contributed by atoms with Gasteiger partial charge in [0.1, 0.15) is 0 Å². The van der Waals surface area contributed by atoms with Gasteiger partial charge < -0.3 is 5.73 Å². The largest absolute Gasteiger partial charge is 0.366 e. The fourth-order valence-corrected chi connectivity index (χ4v) is 2.31. The van der Waals surface area contributed by atoms with Crippen LogP contribution in [0.5, 0.6) is 0 Å². The smallest absolute Gasteiger partial charge is 0.248 e. The number of halogens is 2.